The summed E-state index contributed by atoms with van der Waals surface area (Å²) in [6.07, 6.45) is 4.68. The Morgan fingerprint density at radius 1 is 1.13 bits per heavy atom. The van der Waals surface area contributed by atoms with Crippen molar-refractivity contribution >= 4 is 23.4 Å². The average Bonchev–Trinajstić information content (AvgIpc) is 3.35. The molecule has 1 atom stereocenters. The van der Waals surface area contributed by atoms with Crippen molar-refractivity contribution in [2.24, 2.45) is 5.92 Å². The lowest BCUT2D eigenvalue weighted by atomic mass is 9.97. The molecule has 1 saturated heterocycles. The summed E-state index contributed by atoms with van der Waals surface area (Å²) >= 11 is 0. The van der Waals surface area contributed by atoms with Gasteiger partial charge in [-0.25, -0.2) is 14.5 Å². The lowest BCUT2D eigenvalue weighted by molar-refractivity contribution is -0.120. The molecule has 2 aromatic heterocycles. The van der Waals surface area contributed by atoms with E-state index in [1.165, 1.54) is 11.0 Å². The number of benzene rings is 1. The molecular formula is C21H23N7O3. The van der Waals surface area contributed by atoms with Crippen LogP contribution in [-0.2, 0) is 9.53 Å². The predicted molar refractivity (Wildman–Crippen MR) is 113 cm³/mol. The number of rotatable bonds is 6. The molecule has 0 saturated carbocycles. The van der Waals surface area contributed by atoms with Crippen molar-refractivity contribution in [2.45, 2.75) is 19.8 Å². The van der Waals surface area contributed by atoms with Crippen molar-refractivity contribution in [3.05, 3.63) is 54.6 Å². The molecule has 4 rings (SSSR count). The van der Waals surface area contributed by atoms with E-state index in [2.05, 4.69) is 30.5 Å². The summed E-state index contributed by atoms with van der Waals surface area (Å²) in [6, 6.07) is 10.4. The van der Waals surface area contributed by atoms with Gasteiger partial charge in [0.05, 0.1) is 18.1 Å². The van der Waals surface area contributed by atoms with E-state index < -0.39 is 0 Å². The first kappa shape index (κ1) is 20.5. The Bertz CT molecular complexity index is 1020. The van der Waals surface area contributed by atoms with Crippen molar-refractivity contribution in [3.63, 3.8) is 0 Å². The molecule has 1 fully saturated rings. The van der Waals surface area contributed by atoms with Crippen LogP contribution in [0.1, 0.15) is 30.1 Å². The van der Waals surface area contributed by atoms with Gasteiger partial charge in [0, 0.05) is 18.8 Å². The Balaban J connectivity index is 1.37. The Kier molecular flexibility index (Phi) is 6.16. The van der Waals surface area contributed by atoms with Crippen LogP contribution in [-0.4, -0.2) is 56.5 Å². The highest BCUT2D eigenvalue weighted by molar-refractivity contribution is 5.94. The summed E-state index contributed by atoms with van der Waals surface area (Å²) in [6.45, 7) is 3.46. The van der Waals surface area contributed by atoms with E-state index >= 15 is 0 Å². The number of esters is 1. The van der Waals surface area contributed by atoms with E-state index in [4.69, 9.17) is 4.74 Å². The lowest BCUT2D eigenvalue weighted by Gasteiger charge is -2.32. The van der Waals surface area contributed by atoms with Crippen molar-refractivity contribution in [2.75, 3.05) is 29.9 Å². The summed E-state index contributed by atoms with van der Waals surface area (Å²) in [7, 11) is 0. The summed E-state index contributed by atoms with van der Waals surface area (Å²) in [5.41, 5.74) is 1.10. The first-order valence-electron chi connectivity index (χ1n) is 10.2. The average molecular weight is 421 g/mol. The molecule has 1 aromatic carbocycles. The van der Waals surface area contributed by atoms with Gasteiger partial charge in [0.25, 0.3) is 0 Å². The fourth-order valence-electron chi connectivity index (χ4n) is 3.48. The highest BCUT2D eigenvalue weighted by Crippen LogP contribution is 2.23. The number of hydrogen-bond acceptors (Lipinski definition) is 8. The van der Waals surface area contributed by atoms with Crippen LogP contribution in [0.15, 0.2) is 49.1 Å². The van der Waals surface area contributed by atoms with E-state index in [0.717, 1.165) is 25.2 Å². The molecule has 0 spiro atoms. The number of amides is 1. The van der Waals surface area contributed by atoms with Gasteiger partial charge in [-0.15, -0.1) is 10.2 Å². The molecule has 160 valence electrons. The second-order valence-electron chi connectivity index (χ2n) is 7.16. The third kappa shape index (κ3) is 4.85. The first-order valence-corrected chi connectivity index (χ1v) is 10.2. The van der Waals surface area contributed by atoms with Crippen molar-refractivity contribution in [1.82, 2.24) is 25.0 Å². The van der Waals surface area contributed by atoms with Crippen LogP contribution in [0.25, 0.3) is 5.82 Å². The summed E-state index contributed by atoms with van der Waals surface area (Å²) in [5.74, 6) is 0.703. The molecule has 31 heavy (non-hydrogen) atoms. The maximum Gasteiger partial charge on any atom is 0.338 e. The zero-order valence-corrected chi connectivity index (χ0v) is 17.1. The summed E-state index contributed by atoms with van der Waals surface area (Å²) in [5, 5.41) is 15.5. The molecule has 3 aromatic rings. The normalized spacial score (nSPS) is 16.0. The molecule has 1 aliphatic rings. The third-order valence-corrected chi connectivity index (χ3v) is 5.07. The number of nitrogens with zero attached hydrogens (tertiary/aromatic N) is 6. The second kappa shape index (κ2) is 9.33. The van der Waals surface area contributed by atoms with Crippen LogP contribution >= 0.6 is 0 Å². The van der Waals surface area contributed by atoms with E-state index in [1.807, 2.05) is 12.1 Å². The molecule has 10 nitrogen and oxygen atoms in total. The van der Waals surface area contributed by atoms with E-state index in [-0.39, 0.29) is 17.8 Å². The highest BCUT2D eigenvalue weighted by Gasteiger charge is 2.27. The molecule has 0 radical (unpaired) electrons. The van der Waals surface area contributed by atoms with E-state index in [9.17, 15) is 9.59 Å². The van der Waals surface area contributed by atoms with Gasteiger partial charge in [-0.3, -0.25) is 4.79 Å². The predicted octanol–water partition coefficient (Wildman–Crippen LogP) is 2.09. The van der Waals surface area contributed by atoms with Crippen LogP contribution in [0.2, 0.25) is 0 Å². The SMILES string of the molecule is CCOC(=O)c1ccc(NC(=O)C2CCCN(c3ccc(-n4cncn4)nn3)C2)cc1. The van der Waals surface area contributed by atoms with Gasteiger partial charge in [0.15, 0.2) is 11.6 Å². The van der Waals surface area contributed by atoms with Gasteiger partial charge < -0.3 is 15.0 Å². The number of carbonyl (C=O) groups excluding carboxylic acids is 2. The topological polar surface area (TPSA) is 115 Å². The van der Waals surface area contributed by atoms with Gasteiger partial charge in [0.2, 0.25) is 5.91 Å². The molecular weight excluding hydrogens is 398 g/mol. The smallest absolute Gasteiger partial charge is 0.338 e. The van der Waals surface area contributed by atoms with Crippen LogP contribution < -0.4 is 10.2 Å². The first-order chi connectivity index (χ1) is 15.1. The minimum absolute atomic E-state index is 0.0548. The lowest BCUT2D eigenvalue weighted by Crippen LogP contribution is -2.41. The van der Waals surface area contributed by atoms with Crippen molar-refractivity contribution in [1.29, 1.82) is 0 Å². The molecule has 1 unspecified atom stereocenters. The standard InChI is InChI=1S/C21H23N7O3/c1-2-31-21(30)15-5-7-17(8-6-15)24-20(29)16-4-3-11-27(12-16)18-9-10-19(26-25-18)28-14-22-13-23-28/h5-10,13-14,16H,2-4,11-12H2,1H3,(H,24,29). The van der Waals surface area contributed by atoms with Crippen LogP contribution in [0.3, 0.4) is 0 Å². The largest absolute Gasteiger partial charge is 0.462 e. The quantitative estimate of drug-likeness (QED) is 0.602. The van der Waals surface area contributed by atoms with Crippen LogP contribution in [0.5, 0.6) is 0 Å². The minimum Gasteiger partial charge on any atom is -0.462 e. The number of carbonyl (C=O) groups is 2. The Labute approximate surface area is 179 Å². The van der Waals surface area contributed by atoms with Crippen molar-refractivity contribution in [3.8, 4) is 5.82 Å². The monoisotopic (exact) mass is 421 g/mol. The molecule has 3 heterocycles. The van der Waals surface area contributed by atoms with Gasteiger partial charge in [-0.05, 0) is 56.2 Å². The highest BCUT2D eigenvalue weighted by atomic mass is 16.5. The number of ether oxygens (including phenoxy) is 1. The zero-order valence-electron chi connectivity index (χ0n) is 17.1. The third-order valence-electron chi connectivity index (χ3n) is 5.07. The number of hydrogen-bond donors (Lipinski definition) is 1. The minimum atomic E-state index is -0.376. The molecule has 0 bridgehead atoms. The number of nitrogens with one attached hydrogen (secondary N) is 1. The van der Waals surface area contributed by atoms with Gasteiger partial charge in [-0.1, -0.05) is 0 Å². The molecule has 1 amide bonds. The number of anilines is 2. The van der Waals surface area contributed by atoms with E-state index in [0.29, 0.717) is 30.2 Å². The second-order valence-corrected chi connectivity index (χ2v) is 7.16. The van der Waals surface area contributed by atoms with Gasteiger partial charge >= 0.3 is 5.97 Å². The molecule has 0 aliphatic carbocycles. The van der Waals surface area contributed by atoms with Gasteiger partial charge in [0.1, 0.15) is 12.7 Å². The maximum absolute atomic E-state index is 12.8. The summed E-state index contributed by atoms with van der Waals surface area (Å²) < 4.78 is 6.51. The number of aromatic nitrogens is 5. The van der Waals surface area contributed by atoms with E-state index in [1.54, 1.807) is 37.5 Å². The zero-order chi connectivity index (χ0) is 21.6. The molecule has 1 N–H and O–H groups in total. The van der Waals surface area contributed by atoms with Crippen molar-refractivity contribution < 1.29 is 14.3 Å². The van der Waals surface area contributed by atoms with Crippen LogP contribution in [0.4, 0.5) is 11.5 Å². The Morgan fingerprint density at radius 3 is 2.58 bits per heavy atom. The number of piperidine rings is 1. The summed E-state index contributed by atoms with van der Waals surface area (Å²) in [4.78, 5) is 30.5. The van der Waals surface area contributed by atoms with Gasteiger partial charge in [-0.2, -0.15) is 5.10 Å². The fraction of sp³-hybridized carbons (Fsp3) is 0.333. The Morgan fingerprint density at radius 2 is 1.90 bits per heavy atom. The Hall–Kier alpha value is -3.82. The molecule has 1 aliphatic heterocycles. The fourth-order valence-corrected chi connectivity index (χ4v) is 3.48. The molecule has 10 heteroatoms. The van der Waals surface area contributed by atoms with Crippen LogP contribution in [0, 0.1) is 5.92 Å². The maximum atomic E-state index is 12.8.